The molecule has 0 unspecified atom stereocenters. The standard InChI is InChI=1S/C12H17NO3S/c14-8-10-4-6-11(7-5-10)9-17(15,16)13-12-2-1-3-12/h4-7,12-14H,1-3,8-9H2. The number of aliphatic hydroxyl groups excluding tert-OH is 1. The second kappa shape index (κ2) is 5.16. The Morgan fingerprint density at radius 3 is 2.24 bits per heavy atom. The van der Waals surface area contributed by atoms with Crippen LogP contribution in [-0.4, -0.2) is 19.6 Å². The van der Waals surface area contributed by atoms with Gasteiger partial charge in [-0.25, -0.2) is 13.1 Å². The van der Waals surface area contributed by atoms with E-state index in [2.05, 4.69) is 4.72 Å². The molecule has 0 radical (unpaired) electrons. The van der Waals surface area contributed by atoms with Crippen LogP contribution < -0.4 is 4.72 Å². The third-order valence-electron chi connectivity index (χ3n) is 3.01. The molecular weight excluding hydrogens is 238 g/mol. The lowest BCUT2D eigenvalue weighted by molar-refractivity contribution is 0.282. The Balaban J connectivity index is 1.98. The normalized spacial score (nSPS) is 16.8. The Bertz CT molecular complexity index is 463. The first-order valence-corrected chi connectivity index (χ1v) is 7.43. The molecule has 5 heteroatoms. The SMILES string of the molecule is O=S(=O)(Cc1ccc(CO)cc1)NC1CCC1. The van der Waals surface area contributed by atoms with Crippen LogP contribution in [0.4, 0.5) is 0 Å². The molecular formula is C12H17NO3S. The summed E-state index contributed by atoms with van der Waals surface area (Å²) in [5.74, 6) is 0.00914. The van der Waals surface area contributed by atoms with E-state index < -0.39 is 10.0 Å². The molecule has 1 aliphatic carbocycles. The molecule has 0 saturated heterocycles. The minimum absolute atomic E-state index is 0.00914. The molecule has 0 aromatic heterocycles. The van der Waals surface area contributed by atoms with Crippen LogP contribution in [0.3, 0.4) is 0 Å². The largest absolute Gasteiger partial charge is 0.392 e. The molecule has 0 aliphatic heterocycles. The topological polar surface area (TPSA) is 66.4 Å². The van der Waals surface area contributed by atoms with Gasteiger partial charge in [-0.05, 0) is 24.0 Å². The molecule has 17 heavy (non-hydrogen) atoms. The quantitative estimate of drug-likeness (QED) is 0.829. The van der Waals surface area contributed by atoms with Gasteiger partial charge in [0.05, 0.1) is 12.4 Å². The Kier molecular flexibility index (Phi) is 3.81. The fraction of sp³-hybridized carbons (Fsp3) is 0.500. The van der Waals surface area contributed by atoms with Gasteiger partial charge in [0.2, 0.25) is 10.0 Å². The molecule has 1 saturated carbocycles. The number of nitrogens with one attached hydrogen (secondary N) is 1. The maximum Gasteiger partial charge on any atom is 0.216 e. The van der Waals surface area contributed by atoms with Crippen molar-refractivity contribution in [3.8, 4) is 0 Å². The number of hydrogen-bond acceptors (Lipinski definition) is 3. The van der Waals surface area contributed by atoms with Crippen LogP contribution in [-0.2, 0) is 22.4 Å². The van der Waals surface area contributed by atoms with Crippen LogP contribution in [0, 0.1) is 0 Å². The van der Waals surface area contributed by atoms with Crippen LogP contribution in [0.15, 0.2) is 24.3 Å². The fourth-order valence-corrected chi connectivity index (χ4v) is 3.24. The van der Waals surface area contributed by atoms with E-state index in [1.165, 1.54) is 0 Å². The number of benzene rings is 1. The first-order valence-electron chi connectivity index (χ1n) is 5.78. The van der Waals surface area contributed by atoms with Crippen molar-refractivity contribution < 1.29 is 13.5 Å². The van der Waals surface area contributed by atoms with Gasteiger partial charge in [-0.3, -0.25) is 0 Å². The van der Waals surface area contributed by atoms with Crippen molar-refractivity contribution in [1.82, 2.24) is 4.72 Å². The minimum atomic E-state index is -3.23. The lowest BCUT2D eigenvalue weighted by atomic mass is 9.94. The highest BCUT2D eigenvalue weighted by atomic mass is 32.2. The second-order valence-electron chi connectivity index (χ2n) is 4.48. The van der Waals surface area contributed by atoms with E-state index in [9.17, 15) is 8.42 Å². The molecule has 2 N–H and O–H groups in total. The molecule has 94 valence electrons. The van der Waals surface area contributed by atoms with Crippen molar-refractivity contribution in [2.24, 2.45) is 0 Å². The molecule has 1 aromatic carbocycles. The van der Waals surface area contributed by atoms with Crippen molar-refractivity contribution in [1.29, 1.82) is 0 Å². The number of aliphatic hydroxyl groups is 1. The van der Waals surface area contributed by atoms with Gasteiger partial charge in [-0.2, -0.15) is 0 Å². The van der Waals surface area contributed by atoms with Gasteiger partial charge in [-0.1, -0.05) is 30.7 Å². The summed E-state index contributed by atoms with van der Waals surface area (Å²) >= 11 is 0. The summed E-state index contributed by atoms with van der Waals surface area (Å²) in [6.07, 6.45) is 3.00. The summed E-state index contributed by atoms with van der Waals surface area (Å²) in [6, 6.07) is 7.11. The molecule has 0 amide bonds. The minimum Gasteiger partial charge on any atom is -0.392 e. The summed E-state index contributed by atoms with van der Waals surface area (Å²) in [4.78, 5) is 0. The first-order chi connectivity index (χ1) is 8.09. The van der Waals surface area contributed by atoms with Crippen molar-refractivity contribution in [2.45, 2.75) is 37.7 Å². The fourth-order valence-electron chi connectivity index (χ4n) is 1.78. The van der Waals surface area contributed by atoms with Crippen molar-refractivity contribution in [3.63, 3.8) is 0 Å². The predicted molar refractivity (Wildman–Crippen MR) is 65.8 cm³/mol. The summed E-state index contributed by atoms with van der Waals surface area (Å²) < 4.78 is 26.3. The molecule has 2 rings (SSSR count). The lowest BCUT2D eigenvalue weighted by Crippen LogP contribution is -2.39. The summed E-state index contributed by atoms with van der Waals surface area (Å²) in [5, 5.41) is 8.89. The Hall–Kier alpha value is -0.910. The molecule has 0 spiro atoms. The molecule has 0 atom stereocenters. The van der Waals surface area contributed by atoms with Gasteiger partial charge in [-0.15, -0.1) is 0 Å². The Morgan fingerprint density at radius 1 is 1.18 bits per heavy atom. The molecule has 1 fully saturated rings. The highest BCUT2D eigenvalue weighted by molar-refractivity contribution is 7.88. The number of rotatable bonds is 5. The summed E-state index contributed by atoms with van der Waals surface area (Å²) in [5.41, 5.74) is 1.53. The van der Waals surface area contributed by atoms with Gasteiger partial charge in [0.1, 0.15) is 0 Å². The van der Waals surface area contributed by atoms with E-state index in [1.54, 1.807) is 24.3 Å². The van der Waals surface area contributed by atoms with Crippen LogP contribution in [0.2, 0.25) is 0 Å². The highest BCUT2D eigenvalue weighted by Gasteiger charge is 2.23. The van der Waals surface area contributed by atoms with Crippen LogP contribution in [0.1, 0.15) is 30.4 Å². The smallest absolute Gasteiger partial charge is 0.216 e. The Morgan fingerprint density at radius 2 is 1.76 bits per heavy atom. The van der Waals surface area contributed by atoms with Crippen molar-refractivity contribution in [2.75, 3.05) is 0 Å². The zero-order chi connectivity index (χ0) is 12.3. The number of sulfonamides is 1. The van der Waals surface area contributed by atoms with Crippen molar-refractivity contribution in [3.05, 3.63) is 35.4 Å². The van der Waals surface area contributed by atoms with E-state index in [4.69, 9.17) is 5.11 Å². The molecule has 0 bridgehead atoms. The first kappa shape index (κ1) is 12.5. The van der Waals surface area contributed by atoms with Crippen molar-refractivity contribution >= 4 is 10.0 Å². The van der Waals surface area contributed by atoms with E-state index in [1.807, 2.05) is 0 Å². The second-order valence-corrected chi connectivity index (χ2v) is 6.23. The average Bonchev–Trinajstić information content (AvgIpc) is 2.24. The van der Waals surface area contributed by atoms with E-state index in [0.717, 1.165) is 30.4 Å². The third kappa shape index (κ3) is 3.52. The third-order valence-corrected chi connectivity index (χ3v) is 4.42. The van der Waals surface area contributed by atoms with Crippen LogP contribution in [0.5, 0.6) is 0 Å². The molecule has 1 aromatic rings. The molecule has 0 heterocycles. The van der Waals surface area contributed by atoms with E-state index >= 15 is 0 Å². The molecule has 4 nitrogen and oxygen atoms in total. The van der Waals surface area contributed by atoms with Gasteiger partial charge >= 0.3 is 0 Å². The van der Waals surface area contributed by atoms with E-state index in [-0.39, 0.29) is 18.4 Å². The highest BCUT2D eigenvalue weighted by Crippen LogP contribution is 2.19. The predicted octanol–water partition coefficient (Wildman–Crippen LogP) is 1.15. The van der Waals surface area contributed by atoms with Gasteiger partial charge in [0.25, 0.3) is 0 Å². The molecule has 1 aliphatic rings. The summed E-state index contributed by atoms with van der Waals surface area (Å²) in [7, 11) is -3.23. The lowest BCUT2D eigenvalue weighted by Gasteiger charge is -2.26. The van der Waals surface area contributed by atoms with E-state index in [0.29, 0.717) is 0 Å². The van der Waals surface area contributed by atoms with Gasteiger partial charge < -0.3 is 5.11 Å². The maximum absolute atomic E-state index is 11.8. The van der Waals surface area contributed by atoms with Crippen LogP contribution >= 0.6 is 0 Å². The zero-order valence-electron chi connectivity index (χ0n) is 9.59. The zero-order valence-corrected chi connectivity index (χ0v) is 10.4. The van der Waals surface area contributed by atoms with Gasteiger partial charge in [0, 0.05) is 6.04 Å². The Labute approximate surface area is 102 Å². The maximum atomic E-state index is 11.8. The summed E-state index contributed by atoms with van der Waals surface area (Å²) in [6.45, 7) is -0.0205. The number of hydrogen-bond donors (Lipinski definition) is 2. The average molecular weight is 255 g/mol. The van der Waals surface area contributed by atoms with Crippen LogP contribution in [0.25, 0.3) is 0 Å². The van der Waals surface area contributed by atoms with Gasteiger partial charge in [0.15, 0.2) is 0 Å². The monoisotopic (exact) mass is 255 g/mol.